The summed E-state index contributed by atoms with van der Waals surface area (Å²) in [7, 11) is 0. The summed E-state index contributed by atoms with van der Waals surface area (Å²) in [6.07, 6.45) is -0.175. The van der Waals surface area contributed by atoms with E-state index < -0.39 is 6.09 Å². The lowest BCUT2D eigenvalue weighted by molar-refractivity contribution is 0.114. The van der Waals surface area contributed by atoms with Crippen molar-refractivity contribution in [1.29, 1.82) is 0 Å². The molecule has 1 aromatic carbocycles. The number of ether oxygens (including phenoxy) is 1. The van der Waals surface area contributed by atoms with Crippen molar-refractivity contribution in [3.8, 4) is 0 Å². The summed E-state index contributed by atoms with van der Waals surface area (Å²) in [5.41, 5.74) is 0.806. The number of benzene rings is 1. The van der Waals surface area contributed by atoms with Gasteiger partial charge in [-0.2, -0.15) is 0 Å². The Morgan fingerprint density at radius 1 is 1.37 bits per heavy atom. The van der Waals surface area contributed by atoms with E-state index in [0.717, 1.165) is 5.56 Å². The van der Waals surface area contributed by atoms with E-state index in [4.69, 9.17) is 4.74 Å². The molecule has 0 aromatic heterocycles. The third-order valence-electron chi connectivity index (χ3n) is 2.77. The average Bonchev–Trinajstić information content (AvgIpc) is 2.34. The van der Waals surface area contributed by atoms with E-state index in [1.165, 1.54) is 0 Å². The summed E-state index contributed by atoms with van der Waals surface area (Å²) in [5, 5.41) is 12.1. The molecule has 1 atom stereocenters. The lowest BCUT2D eigenvalue weighted by Crippen LogP contribution is -2.35. The molecular formula is C15H23NO3. The highest BCUT2D eigenvalue weighted by Gasteiger charge is 2.21. The van der Waals surface area contributed by atoms with Gasteiger partial charge >= 0.3 is 6.09 Å². The van der Waals surface area contributed by atoms with Crippen LogP contribution in [0.25, 0.3) is 0 Å². The number of aliphatic hydroxyl groups excluding tert-OH is 1. The van der Waals surface area contributed by atoms with Crippen molar-refractivity contribution in [2.75, 3.05) is 6.54 Å². The molecule has 4 nitrogen and oxygen atoms in total. The van der Waals surface area contributed by atoms with Gasteiger partial charge in [0.25, 0.3) is 0 Å². The Hall–Kier alpha value is -1.55. The van der Waals surface area contributed by atoms with Crippen molar-refractivity contribution in [1.82, 2.24) is 5.32 Å². The van der Waals surface area contributed by atoms with Gasteiger partial charge in [-0.15, -0.1) is 0 Å². The Labute approximate surface area is 114 Å². The quantitative estimate of drug-likeness (QED) is 0.831. The minimum absolute atomic E-state index is 0.153. The number of alkyl carbamates (subject to hydrolysis) is 1. The number of carbonyl (C=O) groups excluding carboxylic acids is 1. The zero-order valence-electron chi connectivity index (χ0n) is 11.8. The highest BCUT2D eigenvalue weighted by Crippen LogP contribution is 2.21. The summed E-state index contributed by atoms with van der Waals surface area (Å²) in [4.78, 5) is 11.6. The standard InChI is InChI=1S/C15H23NO3/c1-12(17)9-15(2,3)11-16-14(18)19-10-13-7-5-4-6-8-13/h4-8,12,17H,9-11H2,1-3H3,(H,16,18). The molecular weight excluding hydrogens is 242 g/mol. The van der Waals surface area contributed by atoms with E-state index in [-0.39, 0.29) is 18.1 Å². The van der Waals surface area contributed by atoms with Crippen LogP contribution in [0.2, 0.25) is 0 Å². The minimum Gasteiger partial charge on any atom is -0.445 e. The fourth-order valence-corrected chi connectivity index (χ4v) is 1.96. The van der Waals surface area contributed by atoms with E-state index in [9.17, 15) is 9.90 Å². The molecule has 1 rings (SSSR count). The SMILES string of the molecule is CC(O)CC(C)(C)CNC(=O)OCc1ccccc1. The summed E-state index contributed by atoms with van der Waals surface area (Å²) >= 11 is 0. The van der Waals surface area contributed by atoms with E-state index >= 15 is 0 Å². The highest BCUT2D eigenvalue weighted by atomic mass is 16.5. The fourth-order valence-electron chi connectivity index (χ4n) is 1.96. The first kappa shape index (κ1) is 15.5. The Morgan fingerprint density at radius 3 is 2.58 bits per heavy atom. The van der Waals surface area contributed by atoms with Crippen LogP contribution in [0.4, 0.5) is 4.79 Å². The van der Waals surface area contributed by atoms with Crippen LogP contribution in [0.3, 0.4) is 0 Å². The zero-order valence-corrected chi connectivity index (χ0v) is 11.8. The van der Waals surface area contributed by atoms with E-state index in [1.54, 1.807) is 6.92 Å². The molecule has 0 bridgehead atoms. The fraction of sp³-hybridized carbons (Fsp3) is 0.533. The molecule has 1 unspecified atom stereocenters. The van der Waals surface area contributed by atoms with Crippen LogP contribution in [0, 0.1) is 5.41 Å². The molecule has 2 N–H and O–H groups in total. The first-order valence-electron chi connectivity index (χ1n) is 6.52. The van der Waals surface area contributed by atoms with Gasteiger partial charge in [0.2, 0.25) is 0 Å². The first-order chi connectivity index (χ1) is 8.89. The number of hydrogen-bond donors (Lipinski definition) is 2. The average molecular weight is 265 g/mol. The van der Waals surface area contributed by atoms with Crippen molar-refractivity contribution in [2.45, 2.75) is 39.9 Å². The third-order valence-corrected chi connectivity index (χ3v) is 2.77. The zero-order chi connectivity index (χ0) is 14.3. The molecule has 0 aliphatic rings. The molecule has 106 valence electrons. The van der Waals surface area contributed by atoms with E-state index in [0.29, 0.717) is 13.0 Å². The van der Waals surface area contributed by atoms with Crippen LogP contribution >= 0.6 is 0 Å². The highest BCUT2D eigenvalue weighted by molar-refractivity contribution is 5.67. The second-order valence-corrected chi connectivity index (χ2v) is 5.63. The van der Waals surface area contributed by atoms with Gasteiger partial charge in [-0.3, -0.25) is 0 Å². The van der Waals surface area contributed by atoms with Crippen molar-refractivity contribution < 1.29 is 14.6 Å². The Balaban J connectivity index is 2.28. The summed E-state index contributed by atoms with van der Waals surface area (Å²) in [6, 6.07) is 9.54. The second-order valence-electron chi connectivity index (χ2n) is 5.63. The van der Waals surface area contributed by atoms with Gasteiger partial charge in [0.1, 0.15) is 6.61 Å². The smallest absolute Gasteiger partial charge is 0.407 e. The maximum absolute atomic E-state index is 11.6. The largest absolute Gasteiger partial charge is 0.445 e. The summed E-state index contributed by atoms with van der Waals surface area (Å²) in [6.45, 7) is 6.49. The topological polar surface area (TPSA) is 58.6 Å². The van der Waals surface area contributed by atoms with Crippen molar-refractivity contribution in [3.63, 3.8) is 0 Å². The predicted molar refractivity (Wildman–Crippen MR) is 74.7 cm³/mol. The lowest BCUT2D eigenvalue weighted by Gasteiger charge is -2.26. The third kappa shape index (κ3) is 6.82. The number of hydrogen-bond acceptors (Lipinski definition) is 3. The van der Waals surface area contributed by atoms with Crippen LogP contribution in [0.5, 0.6) is 0 Å². The molecule has 0 saturated carbocycles. The molecule has 0 aliphatic heterocycles. The van der Waals surface area contributed by atoms with Crippen molar-refractivity contribution in [2.24, 2.45) is 5.41 Å². The van der Waals surface area contributed by atoms with Crippen LogP contribution in [-0.2, 0) is 11.3 Å². The summed E-state index contributed by atoms with van der Waals surface area (Å²) in [5.74, 6) is 0. The molecule has 0 aliphatic carbocycles. The van der Waals surface area contributed by atoms with Crippen LogP contribution in [0.15, 0.2) is 30.3 Å². The maximum atomic E-state index is 11.6. The molecule has 0 heterocycles. The number of aliphatic hydroxyl groups is 1. The number of rotatable bonds is 6. The van der Waals surface area contributed by atoms with Crippen molar-refractivity contribution >= 4 is 6.09 Å². The Kier molecular flexibility index (Phi) is 5.83. The van der Waals surface area contributed by atoms with E-state index in [1.807, 2.05) is 44.2 Å². The number of nitrogens with one attached hydrogen (secondary N) is 1. The van der Waals surface area contributed by atoms with Gasteiger partial charge < -0.3 is 15.2 Å². The predicted octanol–water partition coefficient (Wildman–Crippen LogP) is 2.71. The molecule has 0 fully saturated rings. The van der Waals surface area contributed by atoms with Gasteiger partial charge in [-0.25, -0.2) is 4.79 Å². The first-order valence-corrected chi connectivity index (χ1v) is 6.52. The van der Waals surface area contributed by atoms with Crippen molar-refractivity contribution in [3.05, 3.63) is 35.9 Å². The Bertz CT molecular complexity index is 388. The van der Waals surface area contributed by atoms with Gasteiger partial charge in [-0.05, 0) is 24.3 Å². The summed E-state index contributed by atoms with van der Waals surface area (Å²) < 4.78 is 5.12. The van der Waals surface area contributed by atoms with Gasteiger partial charge in [0, 0.05) is 6.54 Å². The van der Waals surface area contributed by atoms with Crippen LogP contribution < -0.4 is 5.32 Å². The molecule has 19 heavy (non-hydrogen) atoms. The van der Waals surface area contributed by atoms with Crippen LogP contribution in [0.1, 0.15) is 32.8 Å². The second kappa shape index (κ2) is 7.14. The van der Waals surface area contributed by atoms with Gasteiger partial charge in [0.15, 0.2) is 0 Å². The van der Waals surface area contributed by atoms with Crippen LogP contribution in [-0.4, -0.2) is 23.8 Å². The monoisotopic (exact) mass is 265 g/mol. The van der Waals surface area contributed by atoms with Gasteiger partial charge in [0.05, 0.1) is 6.10 Å². The minimum atomic E-state index is -0.428. The molecule has 1 amide bonds. The number of carbonyl (C=O) groups is 1. The van der Waals surface area contributed by atoms with Gasteiger partial charge in [-0.1, -0.05) is 44.2 Å². The lowest BCUT2D eigenvalue weighted by atomic mass is 9.87. The molecule has 0 saturated heterocycles. The number of amides is 1. The maximum Gasteiger partial charge on any atom is 0.407 e. The molecule has 4 heteroatoms. The molecule has 0 spiro atoms. The van der Waals surface area contributed by atoms with E-state index in [2.05, 4.69) is 5.32 Å². The normalized spacial score (nSPS) is 12.8. The molecule has 0 radical (unpaired) electrons. The molecule has 1 aromatic rings. The Morgan fingerprint density at radius 2 is 2.00 bits per heavy atom.